The number of piperidine rings is 1. The molecule has 0 aromatic carbocycles. The molecule has 1 N–H and O–H groups in total. The van der Waals surface area contributed by atoms with Gasteiger partial charge in [-0.15, -0.1) is 0 Å². The summed E-state index contributed by atoms with van der Waals surface area (Å²) in [4.78, 5) is 25.8. The van der Waals surface area contributed by atoms with Gasteiger partial charge in [0.25, 0.3) is 0 Å². The number of esters is 1. The summed E-state index contributed by atoms with van der Waals surface area (Å²) in [6.45, 7) is 7.33. The van der Waals surface area contributed by atoms with Gasteiger partial charge in [-0.1, -0.05) is 0 Å². The summed E-state index contributed by atoms with van der Waals surface area (Å²) < 4.78 is 10.4. The summed E-state index contributed by atoms with van der Waals surface area (Å²) in [5.74, 6) is -0.698. The zero-order valence-electron chi connectivity index (χ0n) is 12.5. The third-order valence-electron chi connectivity index (χ3n) is 3.78. The molecule has 1 saturated carbocycles. The normalized spacial score (nSPS) is 32.4. The highest BCUT2D eigenvalue weighted by Crippen LogP contribution is 2.43. The van der Waals surface area contributed by atoms with Crippen LogP contribution in [-0.2, 0) is 14.3 Å². The molecule has 0 aromatic rings. The molecule has 114 valence electrons. The Bertz CT molecular complexity index is 403. The molecule has 1 saturated heterocycles. The van der Waals surface area contributed by atoms with Gasteiger partial charge in [0.1, 0.15) is 11.6 Å². The van der Waals surface area contributed by atoms with Gasteiger partial charge in [0, 0.05) is 12.0 Å². The van der Waals surface area contributed by atoms with Crippen LogP contribution >= 0.6 is 0 Å². The highest BCUT2D eigenvalue weighted by Gasteiger charge is 2.57. The molecular weight excluding hydrogens is 262 g/mol. The summed E-state index contributed by atoms with van der Waals surface area (Å²) in [5, 5.41) is 9.95. The van der Waals surface area contributed by atoms with Crippen LogP contribution in [0.2, 0.25) is 0 Å². The van der Waals surface area contributed by atoms with Crippen LogP contribution in [0, 0.1) is 5.92 Å². The molecule has 0 radical (unpaired) electrons. The van der Waals surface area contributed by atoms with Crippen LogP contribution in [0.1, 0.15) is 40.5 Å². The molecule has 4 atom stereocenters. The Morgan fingerprint density at radius 3 is 2.50 bits per heavy atom. The van der Waals surface area contributed by atoms with E-state index in [4.69, 9.17) is 9.47 Å². The molecule has 0 unspecified atom stereocenters. The Hall–Kier alpha value is -1.30. The fourth-order valence-electron chi connectivity index (χ4n) is 3.11. The average Bonchev–Trinajstić information content (AvgIpc) is 2.82. The fraction of sp³-hybridized carbons (Fsp3) is 0.857. The van der Waals surface area contributed by atoms with Crippen molar-refractivity contribution in [3.63, 3.8) is 0 Å². The predicted molar refractivity (Wildman–Crippen MR) is 71.0 cm³/mol. The number of hydrogen-bond acceptors (Lipinski definition) is 5. The molecular formula is C14H23NO5. The van der Waals surface area contributed by atoms with Gasteiger partial charge in [0.15, 0.2) is 0 Å². The Labute approximate surface area is 119 Å². The summed E-state index contributed by atoms with van der Waals surface area (Å²) in [5.41, 5.74) is -0.614. The number of ether oxygens (including phenoxy) is 2. The first kappa shape index (κ1) is 15.1. The van der Waals surface area contributed by atoms with Crippen molar-refractivity contribution in [2.45, 2.75) is 64.3 Å². The second-order valence-corrected chi connectivity index (χ2v) is 6.44. The second kappa shape index (κ2) is 5.24. The zero-order valence-corrected chi connectivity index (χ0v) is 12.5. The lowest BCUT2D eigenvalue weighted by Gasteiger charge is -2.36. The molecule has 20 heavy (non-hydrogen) atoms. The summed E-state index contributed by atoms with van der Waals surface area (Å²) in [6.07, 6.45) is 0.0759. The van der Waals surface area contributed by atoms with E-state index in [1.54, 1.807) is 27.7 Å². The Balaban J connectivity index is 2.17. The summed E-state index contributed by atoms with van der Waals surface area (Å²) in [7, 11) is 0. The lowest BCUT2D eigenvalue weighted by atomic mass is 9.96. The van der Waals surface area contributed by atoms with E-state index in [1.807, 2.05) is 0 Å². The van der Waals surface area contributed by atoms with Crippen molar-refractivity contribution in [1.82, 2.24) is 4.90 Å². The van der Waals surface area contributed by atoms with Gasteiger partial charge >= 0.3 is 12.1 Å². The molecule has 2 fully saturated rings. The zero-order chi connectivity index (χ0) is 15.1. The van der Waals surface area contributed by atoms with Crippen LogP contribution in [0.3, 0.4) is 0 Å². The molecule has 0 aromatic heterocycles. The maximum absolute atomic E-state index is 12.3. The number of nitrogens with zero attached hydrogens (tertiary/aromatic N) is 1. The third kappa shape index (κ3) is 2.75. The fourth-order valence-corrected chi connectivity index (χ4v) is 3.11. The topological polar surface area (TPSA) is 76.1 Å². The molecule has 2 aliphatic rings. The molecule has 2 bridgehead atoms. The van der Waals surface area contributed by atoms with E-state index in [0.29, 0.717) is 12.8 Å². The minimum Gasteiger partial charge on any atom is -0.464 e. The van der Waals surface area contributed by atoms with E-state index in [9.17, 15) is 14.7 Å². The molecule has 2 rings (SSSR count). The average molecular weight is 285 g/mol. The van der Waals surface area contributed by atoms with Crippen LogP contribution in [0.15, 0.2) is 0 Å². The smallest absolute Gasteiger partial charge is 0.411 e. The first-order valence-electron chi connectivity index (χ1n) is 7.10. The second-order valence-electron chi connectivity index (χ2n) is 6.44. The highest BCUT2D eigenvalue weighted by molar-refractivity contribution is 5.83. The van der Waals surface area contributed by atoms with E-state index in [1.165, 1.54) is 4.90 Å². The van der Waals surface area contributed by atoms with Crippen molar-refractivity contribution < 1.29 is 24.2 Å². The number of carbonyl (C=O) groups is 2. The number of likely N-dealkylation sites (tertiary alicyclic amines) is 1. The Morgan fingerprint density at radius 1 is 1.30 bits per heavy atom. The molecule has 0 spiro atoms. The third-order valence-corrected chi connectivity index (χ3v) is 3.78. The number of carbonyl (C=O) groups excluding carboxylic acids is 2. The molecule has 1 aliphatic carbocycles. The van der Waals surface area contributed by atoms with Crippen LogP contribution in [0.5, 0.6) is 0 Å². The monoisotopic (exact) mass is 285 g/mol. The van der Waals surface area contributed by atoms with E-state index >= 15 is 0 Å². The Kier molecular flexibility index (Phi) is 3.95. The number of rotatable bonds is 2. The lowest BCUT2D eigenvalue weighted by molar-refractivity contribution is -0.153. The van der Waals surface area contributed by atoms with Gasteiger partial charge in [0.2, 0.25) is 0 Å². The molecule has 6 heteroatoms. The first-order chi connectivity index (χ1) is 9.24. The highest BCUT2D eigenvalue weighted by atomic mass is 16.6. The van der Waals surface area contributed by atoms with Crippen molar-refractivity contribution in [2.24, 2.45) is 5.92 Å². The number of hydrogen-bond donors (Lipinski definition) is 1. The summed E-state index contributed by atoms with van der Waals surface area (Å²) in [6, 6.07) is -0.863. The number of amides is 1. The maximum Gasteiger partial charge on any atom is 0.411 e. The van der Waals surface area contributed by atoms with Crippen molar-refractivity contribution in [3.05, 3.63) is 0 Å². The number of aliphatic hydroxyl groups excluding tert-OH is 1. The van der Waals surface area contributed by atoms with Crippen LogP contribution in [-0.4, -0.2) is 52.5 Å². The number of aliphatic hydroxyl groups is 1. The van der Waals surface area contributed by atoms with Gasteiger partial charge in [-0.05, 0) is 40.5 Å². The van der Waals surface area contributed by atoms with Gasteiger partial charge in [0.05, 0.1) is 12.7 Å². The molecule has 1 heterocycles. The van der Waals surface area contributed by atoms with E-state index < -0.39 is 29.8 Å². The standard InChI is InChI=1S/C14H23NO5/c1-5-19-12(17)11-9-6-8(7-10(9)16)15(11)13(18)20-14(2,3)4/h8-11,16H,5-7H2,1-4H3/t8-,9-,10+,11+/m1/s1. The van der Waals surface area contributed by atoms with Gasteiger partial charge in [-0.2, -0.15) is 0 Å². The minimum absolute atomic E-state index is 0.140. The van der Waals surface area contributed by atoms with Gasteiger partial charge in [-0.3, -0.25) is 4.90 Å². The van der Waals surface area contributed by atoms with Crippen molar-refractivity contribution in [3.8, 4) is 0 Å². The quantitative estimate of drug-likeness (QED) is 0.774. The van der Waals surface area contributed by atoms with Crippen LogP contribution < -0.4 is 0 Å². The van der Waals surface area contributed by atoms with Crippen molar-refractivity contribution >= 4 is 12.1 Å². The van der Waals surface area contributed by atoms with Crippen molar-refractivity contribution in [1.29, 1.82) is 0 Å². The molecule has 1 aliphatic heterocycles. The minimum atomic E-state index is -0.724. The van der Waals surface area contributed by atoms with Crippen LogP contribution in [0.25, 0.3) is 0 Å². The predicted octanol–water partition coefficient (Wildman–Crippen LogP) is 1.31. The lowest BCUT2D eigenvalue weighted by Crippen LogP contribution is -2.54. The van der Waals surface area contributed by atoms with E-state index in [0.717, 1.165) is 0 Å². The van der Waals surface area contributed by atoms with Gasteiger partial charge < -0.3 is 14.6 Å². The van der Waals surface area contributed by atoms with Gasteiger partial charge in [-0.25, -0.2) is 9.59 Å². The first-order valence-corrected chi connectivity index (χ1v) is 7.10. The SMILES string of the molecule is CCOC(=O)[C@@H]1[C@@H]2C[C@H](C[C@@H]2O)N1C(=O)OC(C)(C)C. The molecule has 1 amide bonds. The van der Waals surface area contributed by atoms with E-state index in [2.05, 4.69) is 0 Å². The largest absolute Gasteiger partial charge is 0.464 e. The Morgan fingerprint density at radius 2 is 1.95 bits per heavy atom. The maximum atomic E-state index is 12.3. The van der Waals surface area contributed by atoms with Crippen LogP contribution in [0.4, 0.5) is 4.79 Å². The van der Waals surface area contributed by atoms with E-state index in [-0.39, 0.29) is 18.6 Å². The number of fused-ring (bicyclic) bond motifs is 2. The van der Waals surface area contributed by atoms with Crippen molar-refractivity contribution in [2.75, 3.05) is 6.61 Å². The molecule has 6 nitrogen and oxygen atoms in total. The summed E-state index contributed by atoms with van der Waals surface area (Å²) >= 11 is 0.